The molecule has 0 unspecified atom stereocenters. The lowest BCUT2D eigenvalue weighted by atomic mass is 9.84. The van der Waals surface area contributed by atoms with Crippen LogP contribution in [0.5, 0.6) is 0 Å². The summed E-state index contributed by atoms with van der Waals surface area (Å²) >= 11 is 0. The lowest BCUT2D eigenvalue weighted by Crippen LogP contribution is -1.92. The van der Waals surface area contributed by atoms with E-state index in [9.17, 15) is 0 Å². The lowest BCUT2D eigenvalue weighted by Gasteiger charge is -2.18. The maximum atomic E-state index is 6.70. The fraction of sp³-hybridized carbons (Fsp3) is 0.0370. The van der Waals surface area contributed by atoms with Crippen molar-refractivity contribution in [3.05, 3.63) is 193 Å². The molecule has 55 heavy (non-hydrogen) atoms. The van der Waals surface area contributed by atoms with Crippen LogP contribution < -0.4 is 0 Å². The van der Waals surface area contributed by atoms with Crippen LogP contribution in [0.3, 0.4) is 0 Å². The first-order chi connectivity index (χ1) is 27.1. The molecule has 0 amide bonds. The molecule has 10 aromatic carbocycles. The topological polar surface area (TPSA) is 13.1 Å². The highest BCUT2D eigenvalue weighted by atomic mass is 16.3. The summed E-state index contributed by atoms with van der Waals surface area (Å²) in [5.41, 5.74) is 14.2. The number of furan rings is 1. The van der Waals surface area contributed by atoms with E-state index >= 15 is 0 Å². The summed E-state index contributed by atoms with van der Waals surface area (Å²) in [5, 5.41) is 12.2. The molecular weight excluding hydrogens is 665 g/mol. The monoisotopic (exact) mass is 700 g/mol. The molecule has 0 fully saturated rings. The number of aryl methyl sites for hydroxylation is 2. The number of hydrogen-bond donors (Lipinski definition) is 0. The first-order valence-electron chi connectivity index (χ1n) is 19.1. The van der Waals surface area contributed by atoms with E-state index in [1.807, 2.05) is 0 Å². The van der Waals surface area contributed by atoms with Gasteiger partial charge < -0.3 is 4.42 Å². The summed E-state index contributed by atoms with van der Waals surface area (Å²) in [6.07, 6.45) is 0. The van der Waals surface area contributed by atoms with Gasteiger partial charge in [-0.05, 0) is 120 Å². The predicted molar refractivity (Wildman–Crippen MR) is 235 cm³/mol. The number of hydrogen-bond acceptors (Lipinski definition) is 1. The molecule has 1 heterocycles. The van der Waals surface area contributed by atoms with E-state index < -0.39 is 0 Å². The van der Waals surface area contributed by atoms with Crippen molar-refractivity contribution in [1.29, 1.82) is 0 Å². The molecule has 0 aliphatic heterocycles. The molecule has 11 rings (SSSR count). The third kappa shape index (κ3) is 4.87. The van der Waals surface area contributed by atoms with Crippen molar-refractivity contribution >= 4 is 65.0 Å². The summed E-state index contributed by atoms with van der Waals surface area (Å²) in [5.74, 6) is 0. The van der Waals surface area contributed by atoms with Gasteiger partial charge in [-0.25, -0.2) is 0 Å². The van der Waals surface area contributed by atoms with E-state index in [0.29, 0.717) is 0 Å². The van der Waals surface area contributed by atoms with Crippen molar-refractivity contribution in [3.63, 3.8) is 0 Å². The Balaban J connectivity index is 1.21. The lowest BCUT2D eigenvalue weighted by molar-refractivity contribution is 0.669. The Morgan fingerprint density at radius 2 is 0.673 bits per heavy atom. The maximum absolute atomic E-state index is 6.70. The van der Waals surface area contributed by atoms with E-state index in [0.717, 1.165) is 21.9 Å². The van der Waals surface area contributed by atoms with Gasteiger partial charge in [-0.1, -0.05) is 175 Å². The second-order valence-corrected chi connectivity index (χ2v) is 14.9. The van der Waals surface area contributed by atoms with Gasteiger partial charge in [-0.3, -0.25) is 0 Å². The zero-order valence-electron chi connectivity index (χ0n) is 30.7. The minimum Gasteiger partial charge on any atom is -0.456 e. The van der Waals surface area contributed by atoms with E-state index in [-0.39, 0.29) is 0 Å². The zero-order valence-corrected chi connectivity index (χ0v) is 30.7. The SMILES string of the molecule is Cc1ccc(-c2c3ccccc3c(-c3ccc4oc5cccc(-c6c7ccccc7c(-c7ccc(C)cc7)c7ccccc67)c5c4c3)c3ccccc23)cc1. The van der Waals surface area contributed by atoms with Crippen LogP contribution in [-0.4, -0.2) is 0 Å². The minimum atomic E-state index is 0.890. The summed E-state index contributed by atoms with van der Waals surface area (Å²) in [4.78, 5) is 0. The Bertz CT molecular complexity index is 3190. The molecule has 0 N–H and O–H groups in total. The molecule has 258 valence electrons. The summed E-state index contributed by atoms with van der Waals surface area (Å²) in [6, 6.07) is 66.8. The van der Waals surface area contributed by atoms with Crippen LogP contribution in [0.25, 0.3) is 110 Å². The molecule has 0 atom stereocenters. The standard InChI is InChI=1S/C54H36O/c1-33-22-26-35(27-23-33)50-38-12-3-5-14-40(38)52(41-15-6-4-13-39(41)50)37-30-31-48-47(32-37)54-46(20-11-21-49(54)55-48)53-44-18-9-7-16-42(44)51(36-28-24-34(2)25-29-36)43-17-8-10-19-45(43)53/h3-32H,1-2H3. The van der Waals surface area contributed by atoms with Crippen LogP contribution in [0.1, 0.15) is 11.1 Å². The Morgan fingerprint density at radius 3 is 1.11 bits per heavy atom. The van der Waals surface area contributed by atoms with Gasteiger partial charge in [0.05, 0.1) is 0 Å². The van der Waals surface area contributed by atoms with Crippen LogP contribution in [0, 0.1) is 13.8 Å². The second-order valence-electron chi connectivity index (χ2n) is 14.9. The first kappa shape index (κ1) is 31.6. The maximum Gasteiger partial charge on any atom is 0.136 e. The quantitative estimate of drug-likeness (QED) is 0.167. The molecule has 0 aliphatic carbocycles. The molecular formula is C54H36O. The highest BCUT2D eigenvalue weighted by Gasteiger charge is 2.22. The molecule has 0 radical (unpaired) electrons. The van der Waals surface area contributed by atoms with Crippen LogP contribution in [0.4, 0.5) is 0 Å². The fourth-order valence-electron chi connectivity index (χ4n) is 9.11. The van der Waals surface area contributed by atoms with Gasteiger partial charge in [-0.2, -0.15) is 0 Å². The third-order valence-corrected chi connectivity index (χ3v) is 11.6. The first-order valence-corrected chi connectivity index (χ1v) is 19.1. The molecule has 1 heteroatoms. The second kappa shape index (κ2) is 12.3. The van der Waals surface area contributed by atoms with Crippen LogP contribution in [-0.2, 0) is 0 Å². The van der Waals surface area contributed by atoms with Crippen molar-refractivity contribution < 1.29 is 4.42 Å². The van der Waals surface area contributed by atoms with Gasteiger partial charge in [0.25, 0.3) is 0 Å². The van der Waals surface area contributed by atoms with Gasteiger partial charge in [0.1, 0.15) is 11.2 Å². The number of benzene rings is 10. The van der Waals surface area contributed by atoms with Crippen LogP contribution >= 0.6 is 0 Å². The Kier molecular flexibility index (Phi) is 7.06. The van der Waals surface area contributed by atoms with E-state index in [1.54, 1.807) is 0 Å². The summed E-state index contributed by atoms with van der Waals surface area (Å²) in [7, 11) is 0. The fourth-order valence-corrected chi connectivity index (χ4v) is 9.11. The van der Waals surface area contributed by atoms with Crippen molar-refractivity contribution in [1.82, 2.24) is 0 Å². The van der Waals surface area contributed by atoms with Crippen molar-refractivity contribution in [2.24, 2.45) is 0 Å². The Labute approximate surface area is 319 Å². The third-order valence-electron chi connectivity index (χ3n) is 11.6. The minimum absolute atomic E-state index is 0.890. The van der Waals surface area contributed by atoms with Gasteiger partial charge in [0, 0.05) is 10.8 Å². The molecule has 1 aromatic heterocycles. The molecule has 0 saturated heterocycles. The smallest absolute Gasteiger partial charge is 0.136 e. The number of fused-ring (bicyclic) bond motifs is 7. The highest BCUT2D eigenvalue weighted by Crippen LogP contribution is 2.49. The van der Waals surface area contributed by atoms with Crippen molar-refractivity contribution in [2.75, 3.05) is 0 Å². The Morgan fingerprint density at radius 1 is 0.291 bits per heavy atom. The normalized spacial score (nSPS) is 11.8. The molecule has 0 aliphatic rings. The predicted octanol–water partition coefficient (Wildman–Crippen LogP) is 15.5. The molecule has 0 saturated carbocycles. The largest absolute Gasteiger partial charge is 0.456 e. The van der Waals surface area contributed by atoms with E-state index in [1.165, 1.54) is 98.7 Å². The Hall–Kier alpha value is -6.96. The van der Waals surface area contributed by atoms with Crippen LogP contribution in [0.2, 0.25) is 0 Å². The molecule has 1 nitrogen and oxygen atoms in total. The van der Waals surface area contributed by atoms with Gasteiger partial charge in [0.2, 0.25) is 0 Å². The van der Waals surface area contributed by atoms with Gasteiger partial charge in [0.15, 0.2) is 0 Å². The van der Waals surface area contributed by atoms with Crippen molar-refractivity contribution in [2.45, 2.75) is 13.8 Å². The number of rotatable bonds is 4. The average Bonchev–Trinajstić information content (AvgIpc) is 3.61. The van der Waals surface area contributed by atoms with Gasteiger partial charge >= 0.3 is 0 Å². The van der Waals surface area contributed by atoms with Crippen LogP contribution in [0.15, 0.2) is 186 Å². The summed E-state index contributed by atoms with van der Waals surface area (Å²) < 4.78 is 6.70. The molecule has 11 aromatic rings. The van der Waals surface area contributed by atoms with Gasteiger partial charge in [-0.15, -0.1) is 0 Å². The molecule has 0 spiro atoms. The zero-order chi connectivity index (χ0) is 36.6. The molecule has 0 bridgehead atoms. The highest BCUT2D eigenvalue weighted by molar-refractivity contribution is 6.27. The average molecular weight is 701 g/mol. The van der Waals surface area contributed by atoms with Crippen molar-refractivity contribution in [3.8, 4) is 44.5 Å². The van der Waals surface area contributed by atoms with E-state index in [4.69, 9.17) is 4.42 Å². The summed E-state index contributed by atoms with van der Waals surface area (Å²) in [6.45, 7) is 4.30. The van der Waals surface area contributed by atoms with E-state index in [2.05, 4.69) is 196 Å².